The van der Waals surface area contributed by atoms with Crippen LogP contribution < -0.4 is 4.90 Å². The Morgan fingerprint density at radius 2 is 1.31 bits per heavy atom. The molecule has 0 N–H and O–H groups in total. The highest BCUT2D eigenvalue weighted by Crippen LogP contribution is 2.52. The lowest BCUT2D eigenvalue weighted by atomic mass is 9.90. The lowest BCUT2D eigenvalue weighted by molar-refractivity contribution is 0.668. The SMILES string of the molecule is C1=CC2c3c(ccc4c5ccccc5n(-c5ccc6c(c5)oc5ccccc56)c34)N(c3ccccc3)C2C=C1. The fourth-order valence-electron chi connectivity index (χ4n) is 6.90. The number of hydrogen-bond acceptors (Lipinski definition) is 2. The number of rotatable bonds is 2. The molecule has 0 saturated heterocycles. The minimum Gasteiger partial charge on any atom is -0.456 e. The van der Waals surface area contributed by atoms with Crippen LogP contribution in [-0.2, 0) is 0 Å². The van der Waals surface area contributed by atoms with Gasteiger partial charge in [0.15, 0.2) is 0 Å². The van der Waals surface area contributed by atoms with Crippen LogP contribution >= 0.6 is 0 Å². The van der Waals surface area contributed by atoms with E-state index < -0.39 is 0 Å². The third kappa shape index (κ3) is 2.82. The first-order valence-corrected chi connectivity index (χ1v) is 13.5. The van der Waals surface area contributed by atoms with E-state index in [0.29, 0.717) is 0 Å². The molecule has 0 radical (unpaired) electrons. The second kappa shape index (κ2) is 7.75. The summed E-state index contributed by atoms with van der Waals surface area (Å²) in [5.41, 5.74) is 9.31. The van der Waals surface area contributed by atoms with Gasteiger partial charge in [0, 0.05) is 56.2 Å². The molecule has 7 aromatic rings. The van der Waals surface area contributed by atoms with Gasteiger partial charge in [-0.1, -0.05) is 85.0 Å². The van der Waals surface area contributed by atoms with Crippen molar-refractivity contribution in [2.45, 2.75) is 12.0 Å². The van der Waals surface area contributed by atoms with E-state index in [1.807, 2.05) is 12.1 Å². The third-order valence-electron chi connectivity index (χ3n) is 8.50. The standard InChI is InChI=1S/C36H24N2O/c1-2-10-23(11-3-1)37-31-16-8-5-14-29(31)35-32(37)21-20-28-25-12-4-7-15-30(25)38(36(28)35)24-18-19-27-26-13-6-9-17-33(26)39-34(27)22-24/h1-22,29,31H. The maximum atomic E-state index is 6.33. The predicted octanol–water partition coefficient (Wildman–Crippen LogP) is 9.41. The Labute approximate surface area is 225 Å². The van der Waals surface area contributed by atoms with Gasteiger partial charge in [-0.25, -0.2) is 0 Å². The normalized spacial score (nSPS) is 18.0. The van der Waals surface area contributed by atoms with Gasteiger partial charge in [-0.3, -0.25) is 0 Å². The molecule has 3 nitrogen and oxygen atoms in total. The Bertz CT molecular complexity index is 2140. The molecule has 3 heterocycles. The summed E-state index contributed by atoms with van der Waals surface area (Å²) >= 11 is 0. The summed E-state index contributed by atoms with van der Waals surface area (Å²) in [6.45, 7) is 0. The maximum Gasteiger partial charge on any atom is 0.137 e. The summed E-state index contributed by atoms with van der Waals surface area (Å²) in [5, 5.41) is 4.86. The van der Waals surface area contributed by atoms with Crippen LogP contribution in [0.5, 0.6) is 0 Å². The lowest BCUT2D eigenvalue weighted by Gasteiger charge is -2.28. The van der Waals surface area contributed by atoms with Crippen LogP contribution in [0.2, 0.25) is 0 Å². The van der Waals surface area contributed by atoms with Gasteiger partial charge in [0.05, 0.1) is 17.1 Å². The molecule has 0 fully saturated rings. The highest BCUT2D eigenvalue weighted by molar-refractivity contribution is 6.13. The highest BCUT2D eigenvalue weighted by Gasteiger charge is 2.39. The fraction of sp³-hybridized carbons (Fsp3) is 0.0556. The number of fused-ring (bicyclic) bond motifs is 10. The van der Waals surface area contributed by atoms with Crippen LogP contribution in [0.3, 0.4) is 0 Å². The van der Waals surface area contributed by atoms with Gasteiger partial charge in [-0.2, -0.15) is 0 Å². The minimum absolute atomic E-state index is 0.238. The zero-order valence-electron chi connectivity index (χ0n) is 21.2. The first-order chi connectivity index (χ1) is 19.4. The van der Waals surface area contributed by atoms with Crippen molar-refractivity contribution in [1.29, 1.82) is 0 Å². The summed E-state index contributed by atoms with van der Waals surface area (Å²) in [6, 6.07) is 39.4. The number of nitrogens with zero attached hydrogens (tertiary/aromatic N) is 2. The third-order valence-corrected chi connectivity index (χ3v) is 8.50. The monoisotopic (exact) mass is 500 g/mol. The predicted molar refractivity (Wildman–Crippen MR) is 161 cm³/mol. The Balaban J connectivity index is 1.39. The summed E-state index contributed by atoms with van der Waals surface area (Å²) in [6.07, 6.45) is 9.10. The molecule has 0 spiro atoms. The van der Waals surface area contributed by atoms with Gasteiger partial charge in [0.2, 0.25) is 0 Å². The van der Waals surface area contributed by atoms with Gasteiger partial charge in [0.25, 0.3) is 0 Å². The van der Waals surface area contributed by atoms with Crippen molar-refractivity contribution < 1.29 is 4.42 Å². The molecule has 3 heteroatoms. The average molecular weight is 501 g/mol. The van der Waals surface area contributed by atoms with E-state index in [1.165, 1.54) is 38.7 Å². The van der Waals surface area contributed by atoms with Crippen molar-refractivity contribution >= 4 is 55.1 Å². The van der Waals surface area contributed by atoms with E-state index in [4.69, 9.17) is 4.42 Å². The number of benzene rings is 5. The molecule has 0 bridgehead atoms. The van der Waals surface area contributed by atoms with Crippen LogP contribution in [0.4, 0.5) is 11.4 Å². The molecule has 0 amide bonds. The van der Waals surface area contributed by atoms with Crippen LogP contribution in [0.25, 0.3) is 49.4 Å². The summed E-state index contributed by atoms with van der Waals surface area (Å²) in [5.74, 6) is 0.256. The molecule has 39 heavy (non-hydrogen) atoms. The quantitative estimate of drug-likeness (QED) is 0.236. The molecule has 1 aliphatic carbocycles. The number of para-hydroxylation sites is 3. The first kappa shape index (κ1) is 21.0. The fourth-order valence-corrected chi connectivity index (χ4v) is 6.90. The molecule has 2 unspecified atom stereocenters. The van der Waals surface area contributed by atoms with Crippen molar-refractivity contribution in [1.82, 2.24) is 4.57 Å². The molecule has 2 aliphatic rings. The topological polar surface area (TPSA) is 21.3 Å². The molecule has 1 aliphatic heterocycles. The zero-order chi connectivity index (χ0) is 25.5. The van der Waals surface area contributed by atoms with Crippen LogP contribution in [0.15, 0.2) is 138 Å². The Morgan fingerprint density at radius 1 is 0.564 bits per heavy atom. The van der Waals surface area contributed by atoms with E-state index in [-0.39, 0.29) is 12.0 Å². The van der Waals surface area contributed by atoms with E-state index in [2.05, 4.69) is 131 Å². The molecular weight excluding hydrogens is 476 g/mol. The molecular formula is C36H24N2O. The molecule has 2 atom stereocenters. The number of aromatic nitrogens is 1. The average Bonchev–Trinajstić information content (AvgIpc) is 3.64. The van der Waals surface area contributed by atoms with Crippen LogP contribution in [0, 0.1) is 0 Å². The Kier molecular flexibility index (Phi) is 4.17. The van der Waals surface area contributed by atoms with Crippen molar-refractivity contribution in [2.24, 2.45) is 0 Å². The highest BCUT2D eigenvalue weighted by atomic mass is 16.3. The van der Waals surface area contributed by atoms with Crippen molar-refractivity contribution in [3.8, 4) is 5.69 Å². The summed E-state index contributed by atoms with van der Waals surface area (Å²) in [7, 11) is 0. The number of furan rings is 1. The number of anilines is 2. The van der Waals surface area contributed by atoms with Gasteiger partial charge < -0.3 is 13.9 Å². The van der Waals surface area contributed by atoms with Crippen molar-refractivity contribution in [3.05, 3.63) is 139 Å². The summed E-state index contributed by atoms with van der Waals surface area (Å²) < 4.78 is 8.78. The second-order valence-electron chi connectivity index (χ2n) is 10.5. The largest absolute Gasteiger partial charge is 0.456 e. The number of hydrogen-bond donors (Lipinski definition) is 0. The van der Waals surface area contributed by atoms with Gasteiger partial charge in [-0.05, 0) is 42.5 Å². The van der Waals surface area contributed by atoms with E-state index >= 15 is 0 Å². The van der Waals surface area contributed by atoms with Crippen LogP contribution in [0.1, 0.15) is 11.5 Å². The molecule has 5 aromatic carbocycles. The zero-order valence-corrected chi connectivity index (χ0v) is 21.2. The second-order valence-corrected chi connectivity index (χ2v) is 10.5. The lowest BCUT2D eigenvalue weighted by Crippen LogP contribution is -2.28. The molecule has 2 aromatic heterocycles. The van der Waals surface area contributed by atoms with E-state index in [9.17, 15) is 0 Å². The summed E-state index contributed by atoms with van der Waals surface area (Å²) in [4.78, 5) is 2.50. The smallest absolute Gasteiger partial charge is 0.137 e. The Morgan fingerprint density at radius 3 is 2.23 bits per heavy atom. The molecule has 0 saturated carbocycles. The minimum atomic E-state index is 0.238. The van der Waals surface area contributed by atoms with E-state index in [0.717, 1.165) is 27.6 Å². The van der Waals surface area contributed by atoms with Gasteiger partial charge >= 0.3 is 0 Å². The number of allylic oxidation sites excluding steroid dienone is 2. The maximum absolute atomic E-state index is 6.33. The van der Waals surface area contributed by atoms with E-state index in [1.54, 1.807) is 0 Å². The molecule has 9 rings (SSSR count). The van der Waals surface area contributed by atoms with Gasteiger partial charge in [0.1, 0.15) is 11.2 Å². The Hall–Kier alpha value is -5.02. The van der Waals surface area contributed by atoms with Gasteiger partial charge in [-0.15, -0.1) is 0 Å². The molecule has 184 valence electrons. The van der Waals surface area contributed by atoms with Crippen molar-refractivity contribution in [2.75, 3.05) is 4.90 Å². The van der Waals surface area contributed by atoms with Crippen LogP contribution in [-0.4, -0.2) is 10.6 Å². The van der Waals surface area contributed by atoms with Crippen molar-refractivity contribution in [3.63, 3.8) is 0 Å². The first-order valence-electron chi connectivity index (χ1n) is 13.5.